The highest BCUT2D eigenvalue weighted by molar-refractivity contribution is 7.89. The van der Waals surface area contributed by atoms with E-state index in [9.17, 15) is 13.2 Å². The fourth-order valence-electron chi connectivity index (χ4n) is 4.76. The van der Waals surface area contributed by atoms with E-state index in [-0.39, 0.29) is 28.3 Å². The third kappa shape index (κ3) is 8.46. The molecule has 10 heteroatoms. The van der Waals surface area contributed by atoms with Crippen molar-refractivity contribution in [2.45, 2.75) is 63.6 Å². The van der Waals surface area contributed by atoms with Crippen LogP contribution in [0, 0.1) is 12.8 Å². The number of hydrogen-bond acceptors (Lipinski definition) is 5. The third-order valence-electron chi connectivity index (χ3n) is 7.07. The molecule has 0 saturated carbocycles. The van der Waals surface area contributed by atoms with E-state index < -0.39 is 16.1 Å². The van der Waals surface area contributed by atoms with Crippen LogP contribution >= 0.6 is 23.2 Å². The molecule has 0 spiro atoms. The molecule has 0 aliphatic carbocycles. The Hall–Kier alpha value is -2.62. The van der Waals surface area contributed by atoms with Crippen LogP contribution in [-0.4, -0.2) is 27.5 Å². The predicted octanol–water partition coefficient (Wildman–Crippen LogP) is 6.49. The smallest absolute Gasteiger partial charge is 0.242 e. The van der Waals surface area contributed by atoms with Gasteiger partial charge in [-0.05, 0) is 60.7 Å². The van der Waals surface area contributed by atoms with Crippen molar-refractivity contribution in [2.75, 3.05) is 13.2 Å². The minimum atomic E-state index is -4.07. The summed E-state index contributed by atoms with van der Waals surface area (Å²) in [6, 6.07) is 16.9. The maximum atomic E-state index is 13.4. The molecular weight excluding hydrogens is 581 g/mol. The maximum absolute atomic E-state index is 13.4. The van der Waals surface area contributed by atoms with E-state index in [2.05, 4.69) is 29.2 Å². The van der Waals surface area contributed by atoms with Crippen LogP contribution in [0.3, 0.4) is 0 Å². The van der Waals surface area contributed by atoms with E-state index in [0.717, 1.165) is 36.4 Å². The largest absolute Gasteiger partial charge is 0.493 e. The number of carbonyl (C=O) groups is 1. The molecule has 0 fully saturated rings. The second-order valence-corrected chi connectivity index (χ2v) is 13.3. The fraction of sp³-hybridized carbons (Fsp3) is 0.387. The van der Waals surface area contributed by atoms with Gasteiger partial charge < -0.3 is 15.4 Å². The molecule has 1 aliphatic rings. The van der Waals surface area contributed by atoms with Crippen molar-refractivity contribution < 1.29 is 17.9 Å². The summed E-state index contributed by atoms with van der Waals surface area (Å²) in [7, 11) is -4.07. The maximum Gasteiger partial charge on any atom is 0.242 e. The number of hydrogen-bond donors (Lipinski definition) is 3. The molecule has 2 unspecified atom stereocenters. The summed E-state index contributed by atoms with van der Waals surface area (Å²) in [6.45, 7) is 8.29. The van der Waals surface area contributed by atoms with E-state index in [4.69, 9.17) is 27.9 Å². The van der Waals surface area contributed by atoms with Gasteiger partial charge in [0.2, 0.25) is 15.9 Å². The zero-order valence-electron chi connectivity index (χ0n) is 23.5. The van der Waals surface area contributed by atoms with Gasteiger partial charge in [-0.25, -0.2) is 13.1 Å². The van der Waals surface area contributed by atoms with Gasteiger partial charge in [0.1, 0.15) is 10.6 Å². The second kappa shape index (κ2) is 14.0. The molecule has 3 aromatic rings. The summed E-state index contributed by atoms with van der Waals surface area (Å²) in [4.78, 5) is 13.3. The topological polar surface area (TPSA) is 96.5 Å². The molecule has 3 aromatic carbocycles. The molecule has 0 saturated heterocycles. The summed E-state index contributed by atoms with van der Waals surface area (Å²) < 4.78 is 35.4. The normalized spacial score (nSPS) is 15.7. The molecule has 3 N–H and O–H groups in total. The Kier molecular flexibility index (Phi) is 10.7. The lowest BCUT2D eigenvalue weighted by Crippen LogP contribution is -2.36. The average molecular weight is 619 g/mol. The number of nitrogens with one attached hydrogen (secondary N) is 3. The Labute approximate surface area is 253 Å². The van der Waals surface area contributed by atoms with E-state index in [1.807, 2.05) is 24.3 Å². The highest BCUT2D eigenvalue weighted by Crippen LogP contribution is 2.34. The molecular formula is C31H37Cl2N3O4S. The third-order valence-corrected chi connectivity index (χ3v) is 9.42. The average Bonchev–Trinajstić information content (AvgIpc) is 2.93. The number of ether oxygens (including phenoxy) is 1. The van der Waals surface area contributed by atoms with Crippen molar-refractivity contribution in [1.82, 2.24) is 15.4 Å². The molecule has 7 nitrogen and oxygen atoms in total. The SMILES string of the molecule is Cc1cc(S(=O)(=O)NC(CC(=O)NC2CCOc3cc(CNCCC(C)C)ccc32)c2ccccc2)c(Cl)cc1Cl. The molecule has 1 amide bonds. The van der Waals surface area contributed by atoms with Gasteiger partial charge in [0.05, 0.1) is 23.7 Å². The van der Waals surface area contributed by atoms with Crippen LogP contribution in [0.5, 0.6) is 5.75 Å². The monoisotopic (exact) mass is 617 g/mol. The molecule has 0 aromatic heterocycles. The lowest BCUT2D eigenvalue weighted by molar-refractivity contribution is -0.122. The van der Waals surface area contributed by atoms with Crippen LogP contribution in [0.15, 0.2) is 65.6 Å². The zero-order valence-corrected chi connectivity index (χ0v) is 25.9. The molecule has 1 aliphatic heterocycles. The van der Waals surface area contributed by atoms with Crippen molar-refractivity contribution in [1.29, 1.82) is 0 Å². The van der Waals surface area contributed by atoms with Gasteiger partial charge in [-0.2, -0.15) is 0 Å². The zero-order chi connectivity index (χ0) is 29.6. The summed E-state index contributed by atoms with van der Waals surface area (Å²) in [5, 5.41) is 6.95. The van der Waals surface area contributed by atoms with E-state index in [1.165, 1.54) is 12.1 Å². The predicted molar refractivity (Wildman–Crippen MR) is 164 cm³/mol. The van der Waals surface area contributed by atoms with Crippen molar-refractivity contribution in [3.8, 4) is 5.75 Å². The van der Waals surface area contributed by atoms with Crippen LogP contribution in [0.1, 0.15) is 67.4 Å². The summed E-state index contributed by atoms with van der Waals surface area (Å²) in [6.07, 6.45) is 1.63. The van der Waals surface area contributed by atoms with Crippen LogP contribution in [0.4, 0.5) is 0 Å². The van der Waals surface area contributed by atoms with Gasteiger partial charge >= 0.3 is 0 Å². The van der Waals surface area contributed by atoms with Crippen LogP contribution in [-0.2, 0) is 21.4 Å². The lowest BCUT2D eigenvalue weighted by Gasteiger charge is -2.28. The number of aryl methyl sites for hydroxylation is 1. The van der Waals surface area contributed by atoms with Gasteiger partial charge in [0.25, 0.3) is 0 Å². The fourth-order valence-corrected chi connectivity index (χ4v) is 6.81. The molecule has 1 heterocycles. The van der Waals surface area contributed by atoms with E-state index >= 15 is 0 Å². The van der Waals surface area contributed by atoms with Crippen LogP contribution in [0.25, 0.3) is 0 Å². The second-order valence-electron chi connectivity index (χ2n) is 10.8. The van der Waals surface area contributed by atoms with Gasteiger partial charge in [-0.3, -0.25) is 4.79 Å². The minimum Gasteiger partial charge on any atom is -0.493 e. The van der Waals surface area contributed by atoms with Gasteiger partial charge in [0.15, 0.2) is 0 Å². The first-order valence-electron chi connectivity index (χ1n) is 13.8. The number of amides is 1. The number of fused-ring (bicyclic) bond motifs is 1. The van der Waals surface area contributed by atoms with Crippen molar-refractivity contribution in [3.05, 3.63) is 93.0 Å². The number of sulfonamides is 1. The van der Waals surface area contributed by atoms with E-state index in [0.29, 0.717) is 35.1 Å². The summed E-state index contributed by atoms with van der Waals surface area (Å²) >= 11 is 12.4. The van der Waals surface area contributed by atoms with Crippen LogP contribution < -0.4 is 20.1 Å². The number of benzene rings is 3. The Morgan fingerprint density at radius 2 is 1.80 bits per heavy atom. The number of rotatable bonds is 12. The van der Waals surface area contributed by atoms with Crippen molar-refractivity contribution in [2.24, 2.45) is 5.92 Å². The molecule has 41 heavy (non-hydrogen) atoms. The number of halogens is 2. The highest BCUT2D eigenvalue weighted by Gasteiger charge is 2.28. The quantitative estimate of drug-likeness (QED) is 0.202. The van der Waals surface area contributed by atoms with Crippen LogP contribution in [0.2, 0.25) is 10.0 Å². The summed E-state index contributed by atoms with van der Waals surface area (Å²) in [5.74, 6) is 1.13. The highest BCUT2D eigenvalue weighted by atomic mass is 35.5. The Morgan fingerprint density at radius 3 is 2.54 bits per heavy atom. The van der Waals surface area contributed by atoms with Gasteiger partial charge in [0, 0.05) is 30.0 Å². The molecule has 4 rings (SSSR count). The first-order valence-corrected chi connectivity index (χ1v) is 16.1. The van der Waals surface area contributed by atoms with E-state index in [1.54, 1.807) is 31.2 Å². The molecule has 0 bridgehead atoms. The first-order chi connectivity index (χ1) is 19.5. The molecule has 220 valence electrons. The van der Waals surface area contributed by atoms with Crippen molar-refractivity contribution >= 4 is 39.1 Å². The Bertz CT molecular complexity index is 1470. The van der Waals surface area contributed by atoms with Gasteiger partial charge in [-0.15, -0.1) is 0 Å². The Balaban J connectivity index is 1.48. The van der Waals surface area contributed by atoms with Gasteiger partial charge in [-0.1, -0.05) is 79.5 Å². The summed E-state index contributed by atoms with van der Waals surface area (Å²) in [5.41, 5.74) is 3.28. The molecule has 0 radical (unpaired) electrons. The number of carbonyl (C=O) groups excluding carboxylic acids is 1. The standard InChI is InChI=1S/C31H37Cl2N3O4S/c1-20(2)11-13-34-19-22-9-10-24-27(12-14-40-29(24)16-22)35-31(37)18-28(23-7-5-4-6-8-23)36-41(38,39)30-15-21(3)25(32)17-26(30)33/h4-10,15-17,20,27-28,34,36H,11-14,18-19H2,1-3H3,(H,35,37). The minimum absolute atomic E-state index is 0.0117. The van der Waals surface area contributed by atoms with Crippen molar-refractivity contribution in [3.63, 3.8) is 0 Å². The Morgan fingerprint density at radius 1 is 1.05 bits per heavy atom. The lowest BCUT2D eigenvalue weighted by atomic mass is 9.98. The molecule has 2 atom stereocenters. The first kappa shape index (κ1) is 31.3.